The normalized spacial score (nSPS) is 25.8. The number of carbonyl (C=O) groups excluding carboxylic acids is 2. The highest BCUT2D eigenvalue weighted by atomic mass is 32.2. The van der Waals surface area contributed by atoms with Crippen LogP contribution in [0.25, 0.3) is 0 Å². The number of carbonyl (C=O) groups is 2. The molecule has 1 saturated carbocycles. The Morgan fingerprint density at radius 3 is 2.86 bits per heavy atom. The predicted octanol–water partition coefficient (Wildman–Crippen LogP) is 4.70. The van der Waals surface area contributed by atoms with Crippen LogP contribution in [0, 0.1) is 19.8 Å². The molecule has 1 N–H and O–H groups in total. The topological polar surface area (TPSA) is 81.4 Å². The van der Waals surface area contributed by atoms with E-state index in [0.717, 1.165) is 55.1 Å². The molecule has 7 heteroatoms. The fourth-order valence-corrected chi connectivity index (χ4v) is 5.35. The van der Waals surface area contributed by atoms with Crippen molar-refractivity contribution in [1.82, 2.24) is 10.3 Å². The number of nitrogens with zero attached hydrogens (tertiary/aromatic N) is 1. The van der Waals surface area contributed by atoms with Gasteiger partial charge in [0.15, 0.2) is 6.39 Å². The van der Waals surface area contributed by atoms with Gasteiger partial charge in [0, 0.05) is 0 Å². The van der Waals surface area contributed by atoms with E-state index < -0.39 is 0 Å². The smallest absolute Gasteiger partial charge is 0.286 e. The number of oxazole rings is 1. The summed E-state index contributed by atoms with van der Waals surface area (Å²) in [6.45, 7) is 4.17. The van der Waals surface area contributed by atoms with Crippen molar-refractivity contribution in [1.29, 1.82) is 0 Å². The SMILES string of the molecule is Cc1ccc(C(O[C@@H]2CCC[C@H](CC3SC(=O)NC3=O)C2)c2cocn2)c(C)c1. The van der Waals surface area contributed by atoms with Crippen LogP contribution in [0.4, 0.5) is 4.79 Å². The first-order chi connectivity index (χ1) is 14.0. The molecule has 1 aliphatic heterocycles. The fraction of sp³-hybridized carbons (Fsp3) is 0.500. The van der Waals surface area contributed by atoms with Gasteiger partial charge in [0.2, 0.25) is 5.91 Å². The molecule has 0 spiro atoms. The van der Waals surface area contributed by atoms with Crippen LogP contribution in [0.2, 0.25) is 0 Å². The molecule has 154 valence electrons. The Morgan fingerprint density at radius 2 is 2.17 bits per heavy atom. The van der Waals surface area contributed by atoms with Crippen molar-refractivity contribution in [3.05, 3.63) is 53.2 Å². The van der Waals surface area contributed by atoms with Gasteiger partial charge in [-0.05, 0) is 50.2 Å². The quantitative estimate of drug-likeness (QED) is 0.738. The van der Waals surface area contributed by atoms with Crippen LogP contribution in [0.15, 0.2) is 35.3 Å². The Balaban J connectivity index is 1.47. The Bertz CT molecular complexity index is 883. The van der Waals surface area contributed by atoms with E-state index in [1.165, 1.54) is 17.5 Å². The molecule has 2 fully saturated rings. The van der Waals surface area contributed by atoms with Crippen molar-refractivity contribution in [3.8, 4) is 0 Å². The third-order valence-corrected chi connectivity index (χ3v) is 6.81. The van der Waals surface area contributed by atoms with Crippen LogP contribution >= 0.6 is 11.8 Å². The summed E-state index contributed by atoms with van der Waals surface area (Å²) >= 11 is 1.12. The van der Waals surface area contributed by atoms with Crippen LogP contribution in [-0.4, -0.2) is 27.5 Å². The second kappa shape index (κ2) is 8.71. The molecule has 2 aliphatic rings. The van der Waals surface area contributed by atoms with E-state index in [4.69, 9.17) is 9.15 Å². The van der Waals surface area contributed by atoms with E-state index in [1.807, 2.05) is 0 Å². The molecule has 1 aromatic carbocycles. The number of rotatable bonds is 6. The van der Waals surface area contributed by atoms with Gasteiger partial charge in [-0.25, -0.2) is 4.98 Å². The Morgan fingerprint density at radius 1 is 1.31 bits per heavy atom. The van der Waals surface area contributed by atoms with Gasteiger partial charge in [-0.2, -0.15) is 0 Å². The summed E-state index contributed by atoms with van der Waals surface area (Å²) in [6.07, 6.45) is 7.61. The maximum Gasteiger partial charge on any atom is 0.286 e. The van der Waals surface area contributed by atoms with E-state index in [9.17, 15) is 9.59 Å². The lowest BCUT2D eigenvalue weighted by atomic mass is 9.84. The van der Waals surface area contributed by atoms with Gasteiger partial charge in [-0.15, -0.1) is 0 Å². The standard InChI is InChI=1S/C22H26N2O4S/c1-13-6-7-17(14(2)8-13)20(18-11-27-12-23-18)28-16-5-3-4-15(9-16)10-19-21(25)24-22(26)29-19/h6-8,11-12,15-16,19-20H,3-5,9-10H2,1-2H3,(H,24,25,26)/t15-,16+,19?,20?/m0/s1. The molecule has 4 atom stereocenters. The molecule has 4 rings (SSSR count). The third-order valence-electron chi connectivity index (χ3n) is 5.81. The predicted molar refractivity (Wildman–Crippen MR) is 111 cm³/mol. The second-order valence-corrected chi connectivity index (χ2v) is 9.24. The van der Waals surface area contributed by atoms with Gasteiger partial charge in [-0.1, -0.05) is 48.4 Å². The summed E-state index contributed by atoms with van der Waals surface area (Å²) in [5.74, 6) is 0.221. The van der Waals surface area contributed by atoms with Gasteiger partial charge >= 0.3 is 0 Å². The Hall–Kier alpha value is -2.12. The molecule has 1 saturated heterocycles. The van der Waals surface area contributed by atoms with Crippen molar-refractivity contribution < 1.29 is 18.7 Å². The molecule has 2 unspecified atom stereocenters. The molecule has 29 heavy (non-hydrogen) atoms. The number of ether oxygens (including phenoxy) is 1. The highest BCUT2D eigenvalue weighted by Gasteiger charge is 2.36. The zero-order chi connectivity index (χ0) is 20.4. The monoisotopic (exact) mass is 414 g/mol. The zero-order valence-corrected chi connectivity index (χ0v) is 17.5. The molecule has 1 aliphatic carbocycles. The third kappa shape index (κ3) is 4.73. The van der Waals surface area contributed by atoms with Crippen LogP contribution in [0.3, 0.4) is 0 Å². The average Bonchev–Trinajstić information content (AvgIpc) is 3.31. The van der Waals surface area contributed by atoms with E-state index in [-0.39, 0.29) is 28.6 Å². The number of aryl methyl sites for hydroxylation is 2. The Kier molecular flexibility index (Phi) is 6.06. The van der Waals surface area contributed by atoms with Crippen molar-refractivity contribution in [2.75, 3.05) is 0 Å². The van der Waals surface area contributed by atoms with E-state index in [0.29, 0.717) is 5.92 Å². The molecule has 0 bridgehead atoms. The van der Waals surface area contributed by atoms with Crippen molar-refractivity contribution in [3.63, 3.8) is 0 Å². The summed E-state index contributed by atoms with van der Waals surface area (Å²) in [5, 5.41) is 1.89. The van der Waals surface area contributed by atoms with Crippen LogP contribution < -0.4 is 5.32 Å². The number of benzene rings is 1. The number of nitrogens with one attached hydrogen (secondary N) is 1. The molecule has 0 radical (unpaired) electrons. The van der Waals surface area contributed by atoms with Gasteiger partial charge in [0.25, 0.3) is 5.24 Å². The maximum atomic E-state index is 11.9. The number of amides is 2. The molecular formula is C22H26N2O4S. The van der Waals surface area contributed by atoms with Gasteiger partial charge in [0.1, 0.15) is 18.1 Å². The lowest BCUT2D eigenvalue weighted by Crippen LogP contribution is -2.30. The van der Waals surface area contributed by atoms with Crippen molar-refractivity contribution >= 4 is 22.9 Å². The molecule has 2 heterocycles. The number of hydrogen-bond acceptors (Lipinski definition) is 6. The number of hydrogen-bond donors (Lipinski definition) is 1. The van der Waals surface area contributed by atoms with Crippen LogP contribution in [0.5, 0.6) is 0 Å². The van der Waals surface area contributed by atoms with E-state index in [1.54, 1.807) is 6.26 Å². The summed E-state index contributed by atoms with van der Waals surface area (Å²) in [5.41, 5.74) is 4.26. The van der Waals surface area contributed by atoms with Gasteiger partial charge < -0.3 is 9.15 Å². The maximum absolute atomic E-state index is 11.9. The molecule has 6 nitrogen and oxygen atoms in total. The number of aromatic nitrogens is 1. The first kappa shape index (κ1) is 20.2. The highest BCUT2D eigenvalue weighted by Crippen LogP contribution is 2.37. The first-order valence-corrected chi connectivity index (χ1v) is 11.0. The Labute approximate surface area is 174 Å². The molecule has 1 aromatic heterocycles. The summed E-state index contributed by atoms with van der Waals surface area (Å²) in [6, 6.07) is 6.35. The first-order valence-electron chi connectivity index (χ1n) is 10.1. The number of imide groups is 1. The van der Waals surface area contributed by atoms with Crippen molar-refractivity contribution in [2.24, 2.45) is 5.92 Å². The minimum Gasteiger partial charge on any atom is -0.451 e. The van der Waals surface area contributed by atoms with Crippen LogP contribution in [-0.2, 0) is 9.53 Å². The minimum absolute atomic E-state index is 0.0846. The van der Waals surface area contributed by atoms with Gasteiger partial charge in [-0.3, -0.25) is 14.9 Å². The molecule has 2 amide bonds. The lowest BCUT2D eigenvalue weighted by Gasteiger charge is -2.32. The summed E-state index contributed by atoms with van der Waals surface area (Å²) < 4.78 is 11.8. The second-order valence-electron chi connectivity index (χ2n) is 8.06. The van der Waals surface area contributed by atoms with Crippen LogP contribution in [0.1, 0.15) is 60.6 Å². The number of thioether (sulfide) groups is 1. The summed E-state index contributed by atoms with van der Waals surface area (Å²) in [4.78, 5) is 27.7. The largest absolute Gasteiger partial charge is 0.451 e. The zero-order valence-electron chi connectivity index (χ0n) is 16.7. The fourth-order valence-electron chi connectivity index (χ4n) is 4.40. The molecular weight excluding hydrogens is 388 g/mol. The molecule has 2 aromatic rings. The highest BCUT2D eigenvalue weighted by molar-refractivity contribution is 8.15. The lowest BCUT2D eigenvalue weighted by molar-refractivity contribution is -0.119. The van der Waals surface area contributed by atoms with E-state index >= 15 is 0 Å². The van der Waals surface area contributed by atoms with Crippen molar-refractivity contribution in [2.45, 2.75) is 63.4 Å². The average molecular weight is 415 g/mol. The summed E-state index contributed by atoms with van der Waals surface area (Å²) in [7, 11) is 0. The van der Waals surface area contributed by atoms with Gasteiger partial charge in [0.05, 0.1) is 11.4 Å². The van der Waals surface area contributed by atoms with E-state index in [2.05, 4.69) is 42.3 Å². The minimum atomic E-state index is -0.274.